The molecule has 6 heteroatoms. The predicted molar refractivity (Wildman–Crippen MR) is 82.8 cm³/mol. The molecule has 0 fully saturated rings. The van der Waals surface area contributed by atoms with Crippen LogP contribution < -0.4 is 5.32 Å². The van der Waals surface area contributed by atoms with Gasteiger partial charge in [0.15, 0.2) is 0 Å². The van der Waals surface area contributed by atoms with E-state index < -0.39 is 17.7 Å². The number of halogens is 1. The second-order valence-electron chi connectivity index (χ2n) is 4.77. The molecule has 0 unspecified atom stereocenters. The van der Waals surface area contributed by atoms with Crippen LogP contribution in [0.25, 0.3) is 0 Å². The van der Waals surface area contributed by atoms with Crippen molar-refractivity contribution < 1.29 is 23.5 Å². The highest BCUT2D eigenvalue weighted by Gasteiger charge is 2.13. The standard InChI is InChI=1S/C17H16FNO4/c1-22-10-11-3-5-12(6-4-11)16(20)19-15-9-13(17(21)23-2)7-8-14(15)18/h3-9H,10H2,1-2H3,(H,19,20). The van der Waals surface area contributed by atoms with E-state index in [-0.39, 0.29) is 11.3 Å². The predicted octanol–water partition coefficient (Wildman–Crippen LogP) is 3.01. The molecule has 1 amide bonds. The number of esters is 1. The SMILES string of the molecule is COCc1ccc(C(=O)Nc2cc(C(=O)OC)ccc2F)cc1. The van der Waals surface area contributed by atoms with E-state index in [2.05, 4.69) is 10.1 Å². The Hall–Kier alpha value is -2.73. The lowest BCUT2D eigenvalue weighted by molar-refractivity contribution is 0.0600. The first-order chi connectivity index (χ1) is 11.0. The molecular weight excluding hydrogens is 301 g/mol. The van der Waals surface area contributed by atoms with Crippen LogP contribution in [-0.2, 0) is 16.1 Å². The lowest BCUT2D eigenvalue weighted by Crippen LogP contribution is -2.14. The summed E-state index contributed by atoms with van der Waals surface area (Å²) >= 11 is 0. The van der Waals surface area contributed by atoms with Crippen LogP contribution in [0.5, 0.6) is 0 Å². The molecule has 1 N–H and O–H groups in total. The maximum Gasteiger partial charge on any atom is 0.337 e. The number of ether oxygens (including phenoxy) is 2. The number of hydrogen-bond donors (Lipinski definition) is 1. The largest absolute Gasteiger partial charge is 0.465 e. The number of benzene rings is 2. The molecule has 0 aliphatic rings. The van der Waals surface area contributed by atoms with E-state index in [4.69, 9.17) is 4.74 Å². The van der Waals surface area contributed by atoms with Crippen LogP contribution in [-0.4, -0.2) is 26.1 Å². The van der Waals surface area contributed by atoms with Crippen molar-refractivity contribution in [2.24, 2.45) is 0 Å². The molecule has 0 saturated heterocycles. The molecule has 0 bridgehead atoms. The number of methoxy groups -OCH3 is 2. The summed E-state index contributed by atoms with van der Waals surface area (Å²) in [6, 6.07) is 10.4. The minimum atomic E-state index is -0.637. The number of nitrogens with one attached hydrogen (secondary N) is 1. The molecule has 0 aliphatic heterocycles. The highest BCUT2D eigenvalue weighted by atomic mass is 19.1. The number of amides is 1. The zero-order valence-corrected chi connectivity index (χ0v) is 12.8. The van der Waals surface area contributed by atoms with Gasteiger partial charge in [0.25, 0.3) is 5.91 Å². The lowest BCUT2D eigenvalue weighted by atomic mass is 10.1. The van der Waals surface area contributed by atoms with E-state index in [0.29, 0.717) is 12.2 Å². The minimum Gasteiger partial charge on any atom is -0.465 e. The second-order valence-corrected chi connectivity index (χ2v) is 4.77. The van der Waals surface area contributed by atoms with Gasteiger partial charge in [-0.3, -0.25) is 4.79 Å². The Labute approximate surface area is 133 Å². The van der Waals surface area contributed by atoms with Crippen molar-refractivity contribution in [2.45, 2.75) is 6.61 Å². The second kappa shape index (κ2) is 7.51. The molecule has 0 spiro atoms. The third-order valence-electron chi connectivity index (χ3n) is 3.16. The van der Waals surface area contributed by atoms with Crippen LogP contribution in [0.2, 0.25) is 0 Å². The van der Waals surface area contributed by atoms with Crippen molar-refractivity contribution in [2.75, 3.05) is 19.5 Å². The van der Waals surface area contributed by atoms with Crippen molar-refractivity contribution in [3.8, 4) is 0 Å². The zero-order valence-electron chi connectivity index (χ0n) is 12.8. The lowest BCUT2D eigenvalue weighted by Gasteiger charge is -2.09. The summed E-state index contributed by atoms with van der Waals surface area (Å²) in [5.41, 5.74) is 1.36. The Balaban J connectivity index is 2.17. The van der Waals surface area contributed by atoms with Crippen LogP contribution in [0.15, 0.2) is 42.5 Å². The summed E-state index contributed by atoms with van der Waals surface area (Å²) in [6.07, 6.45) is 0. The molecule has 0 heterocycles. The topological polar surface area (TPSA) is 64.6 Å². The molecule has 2 aromatic rings. The first kappa shape index (κ1) is 16.6. The molecule has 0 saturated carbocycles. The van der Waals surface area contributed by atoms with Gasteiger partial charge in [-0.15, -0.1) is 0 Å². The van der Waals surface area contributed by atoms with Crippen LogP contribution in [0, 0.1) is 5.82 Å². The number of carbonyl (C=O) groups excluding carboxylic acids is 2. The molecule has 2 rings (SSSR count). The highest BCUT2D eigenvalue weighted by molar-refractivity contribution is 6.05. The van der Waals surface area contributed by atoms with Gasteiger partial charge in [0, 0.05) is 12.7 Å². The number of carbonyl (C=O) groups is 2. The van der Waals surface area contributed by atoms with Gasteiger partial charge in [-0.2, -0.15) is 0 Å². The van der Waals surface area contributed by atoms with Crippen molar-refractivity contribution in [1.82, 2.24) is 0 Å². The summed E-state index contributed by atoms with van der Waals surface area (Å²) in [7, 11) is 2.81. The van der Waals surface area contributed by atoms with Crippen LogP contribution >= 0.6 is 0 Å². The summed E-state index contributed by atoms with van der Waals surface area (Å²) < 4.78 is 23.4. The quantitative estimate of drug-likeness (QED) is 0.861. The van der Waals surface area contributed by atoms with E-state index in [1.165, 1.54) is 19.2 Å². The Bertz CT molecular complexity index is 713. The van der Waals surface area contributed by atoms with Crippen molar-refractivity contribution >= 4 is 17.6 Å². The van der Waals surface area contributed by atoms with Gasteiger partial charge >= 0.3 is 5.97 Å². The van der Waals surface area contributed by atoms with Crippen LogP contribution in [0.1, 0.15) is 26.3 Å². The third kappa shape index (κ3) is 4.14. The molecule has 0 aliphatic carbocycles. The zero-order chi connectivity index (χ0) is 16.8. The first-order valence-electron chi connectivity index (χ1n) is 6.82. The fraction of sp³-hybridized carbons (Fsp3) is 0.176. The Morgan fingerprint density at radius 1 is 1.04 bits per heavy atom. The number of anilines is 1. The van der Waals surface area contributed by atoms with E-state index in [1.807, 2.05) is 0 Å². The van der Waals surface area contributed by atoms with Crippen molar-refractivity contribution in [3.63, 3.8) is 0 Å². The van der Waals surface area contributed by atoms with Gasteiger partial charge in [-0.25, -0.2) is 9.18 Å². The number of hydrogen-bond acceptors (Lipinski definition) is 4. The monoisotopic (exact) mass is 317 g/mol. The van der Waals surface area contributed by atoms with Gasteiger partial charge in [0.2, 0.25) is 0 Å². The molecule has 2 aromatic carbocycles. The van der Waals surface area contributed by atoms with Gasteiger partial charge in [0.05, 0.1) is 25.0 Å². The van der Waals surface area contributed by atoms with Crippen molar-refractivity contribution in [3.05, 3.63) is 65.0 Å². The highest BCUT2D eigenvalue weighted by Crippen LogP contribution is 2.18. The summed E-state index contributed by atoms with van der Waals surface area (Å²) in [6.45, 7) is 0.442. The Morgan fingerprint density at radius 3 is 2.30 bits per heavy atom. The van der Waals surface area contributed by atoms with Gasteiger partial charge < -0.3 is 14.8 Å². The third-order valence-corrected chi connectivity index (χ3v) is 3.16. The average Bonchev–Trinajstić information content (AvgIpc) is 2.57. The van der Waals surface area contributed by atoms with Gasteiger partial charge in [-0.05, 0) is 35.9 Å². The molecule has 0 atom stereocenters. The van der Waals surface area contributed by atoms with Gasteiger partial charge in [0.1, 0.15) is 5.82 Å². The summed E-state index contributed by atoms with van der Waals surface area (Å²) in [4.78, 5) is 23.6. The average molecular weight is 317 g/mol. The Morgan fingerprint density at radius 2 is 1.70 bits per heavy atom. The van der Waals surface area contributed by atoms with Gasteiger partial charge in [-0.1, -0.05) is 12.1 Å². The summed E-state index contributed by atoms with van der Waals surface area (Å²) in [5, 5.41) is 2.44. The van der Waals surface area contributed by atoms with E-state index in [1.54, 1.807) is 31.4 Å². The number of rotatable bonds is 5. The smallest absolute Gasteiger partial charge is 0.337 e. The first-order valence-corrected chi connectivity index (χ1v) is 6.82. The van der Waals surface area contributed by atoms with Crippen molar-refractivity contribution in [1.29, 1.82) is 0 Å². The maximum absolute atomic E-state index is 13.8. The minimum absolute atomic E-state index is 0.0844. The fourth-order valence-electron chi connectivity index (χ4n) is 1.98. The van der Waals surface area contributed by atoms with E-state index in [9.17, 15) is 14.0 Å². The normalized spacial score (nSPS) is 10.2. The Kier molecular flexibility index (Phi) is 5.43. The molecule has 23 heavy (non-hydrogen) atoms. The molecule has 0 aromatic heterocycles. The molecule has 120 valence electrons. The fourth-order valence-corrected chi connectivity index (χ4v) is 1.98. The summed E-state index contributed by atoms with van der Waals surface area (Å²) in [5.74, 6) is -1.72. The maximum atomic E-state index is 13.8. The molecular formula is C17H16FNO4. The van der Waals surface area contributed by atoms with E-state index in [0.717, 1.165) is 11.6 Å². The molecule has 0 radical (unpaired) electrons. The van der Waals surface area contributed by atoms with Crippen LogP contribution in [0.4, 0.5) is 10.1 Å². The van der Waals surface area contributed by atoms with Crippen LogP contribution in [0.3, 0.4) is 0 Å². The molecule has 5 nitrogen and oxygen atoms in total. The van der Waals surface area contributed by atoms with E-state index >= 15 is 0 Å².